The van der Waals surface area contributed by atoms with Crippen LogP contribution in [-0.2, 0) is 10.3 Å². The minimum atomic E-state index is -0.195. The minimum Gasteiger partial charge on any atom is -0.374 e. The lowest BCUT2D eigenvalue weighted by Crippen LogP contribution is -2.20. The molecule has 1 nitrogen and oxygen atoms in total. The van der Waals surface area contributed by atoms with Gasteiger partial charge in [0.15, 0.2) is 0 Å². The Hall–Kier alpha value is -0.820. The third-order valence-corrected chi connectivity index (χ3v) is 3.08. The number of hydrogen-bond acceptors (Lipinski definition) is 1. The van der Waals surface area contributed by atoms with Crippen molar-refractivity contribution in [2.75, 3.05) is 7.11 Å². The zero-order chi connectivity index (χ0) is 11.6. The van der Waals surface area contributed by atoms with Crippen LogP contribution in [0.3, 0.4) is 0 Å². The van der Waals surface area contributed by atoms with Gasteiger partial charge in [0, 0.05) is 7.11 Å². The highest BCUT2D eigenvalue weighted by molar-refractivity contribution is 5.35. The molecule has 0 unspecified atom stereocenters. The van der Waals surface area contributed by atoms with Gasteiger partial charge in [-0.3, -0.25) is 0 Å². The quantitative estimate of drug-likeness (QED) is 0.726. The molecule has 0 aliphatic carbocycles. The van der Waals surface area contributed by atoms with Crippen molar-refractivity contribution >= 4 is 0 Å². The van der Waals surface area contributed by atoms with E-state index in [1.807, 2.05) is 0 Å². The summed E-state index contributed by atoms with van der Waals surface area (Å²) in [6.07, 6.45) is 0. The highest BCUT2D eigenvalue weighted by atomic mass is 16.5. The molecular formula is C14H22O. The average molecular weight is 206 g/mol. The standard InChI is InChI=1S/C14H22O/c1-10(2)12-7-8-13(11(3)9-12)14(4,5)15-6/h7-10H,1-6H3. The van der Waals surface area contributed by atoms with E-state index >= 15 is 0 Å². The molecule has 0 N–H and O–H groups in total. The molecule has 0 aliphatic rings. The number of methoxy groups -OCH3 is 1. The normalized spacial score (nSPS) is 12.2. The van der Waals surface area contributed by atoms with Gasteiger partial charge in [0.25, 0.3) is 0 Å². The van der Waals surface area contributed by atoms with Crippen molar-refractivity contribution in [1.29, 1.82) is 0 Å². The van der Waals surface area contributed by atoms with Crippen molar-refractivity contribution < 1.29 is 4.74 Å². The Kier molecular flexibility index (Phi) is 3.56. The summed E-state index contributed by atoms with van der Waals surface area (Å²) < 4.78 is 5.50. The second kappa shape index (κ2) is 4.36. The smallest absolute Gasteiger partial charge is 0.0874 e. The van der Waals surface area contributed by atoms with Crippen molar-refractivity contribution in [3.05, 3.63) is 34.9 Å². The van der Waals surface area contributed by atoms with Crippen LogP contribution in [-0.4, -0.2) is 7.11 Å². The average Bonchev–Trinajstić information content (AvgIpc) is 2.17. The monoisotopic (exact) mass is 206 g/mol. The van der Waals surface area contributed by atoms with E-state index < -0.39 is 0 Å². The zero-order valence-electron chi connectivity index (χ0n) is 10.7. The van der Waals surface area contributed by atoms with E-state index in [4.69, 9.17) is 4.74 Å². The largest absolute Gasteiger partial charge is 0.374 e. The van der Waals surface area contributed by atoms with Gasteiger partial charge in [-0.05, 0) is 43.4 Å². The Morgan fingerprint density at radius 3 is 2.20 bits per heavy atom. The van der Waals surface area contributed by atoms with Crippen LogP contribution in [0.2, 0.25) is 0 Å². The molecule has 0 saturated carbocycles. The molecule has 0 amide bonds. The van der Waals surface area contributed by atoms with E-state index in [1.165, 1.54) is 16.7 Å². The molecule has 0 spiro atoms. The van der Waals surface area contributed by atoms with Gasteiger partial charge in [-0.15, -0.1) is 0 Å². The van der Waals surface area contributed by atoms with E-state index in [2.05, 4.69) is 52.8 Å². The summed E-state index contributed by atoms with van der Waals surface area (Å²) in [6.45, 7) is 10.8. The number of hydrogen-bond donors (Lipinski definition) is 0. The molecule has 0 heterocycles. The molecule has 0 fully saturated rings. The Morgan fingerprint density at radius 2 is 1.80 bits per heavy atom. The molecule has 84 valence electrons. The first-order valence-corrected chi connectivity index (χ1v) is 5.54. The third-order valence-electron chi connectivity index (χ3n) is 3.08. The Labute approximate surface area is 93.5 Å². The number of aryl methyl sites for hydroxylation is 1. The Morgan fingerprint density at radius 1 is 1.20 bits per heavy atom. The predicted octanol–water partition coefficient (Wildman–Crippen LogP) is 4.00. The molecular weight excluding hydrogens is 184 g/mol. The first-order chi connectivity index (χ1) is 6.88. The zero-order valence-corrected chi connectivity index (χ0v) is 10.7. The summed E-state index contributed by atoms with van der Waals surface area (Å²) in [6, 6.07) is 6.66. The topological polar surface area (TPSA) is 9.23 Å². The lowest BCUT2D eigenvalue weighted by molar-refractivity contribution is 0.0187. The fraction of sp³-hybridized carbons (Fsp3) is 0.571. The molecule has 0 radical (unpaired) electrons. The fourth-order valence-electron chi connectivity index (χ4n) is 1.83. The molecule has 0 bridgehead atoms. The van der Waals surface area contributed by atoms with E-state index in [9.17, 15) is 0 Å². The lowest BCUT2D eigenvalue weighted by Gasteiger charge is -2.26. The highest BCUT2D eigenvalue weighted by Crippen LogP contribution is 2.28. The Bertz CT molecular complexity index is 337. The molecule has 1 aromatic rings. The van der Waals surface area contributed by atoms with Gasteiger partial charge in [0.2, 0.25) is 0 Å². The summed E-state index contributed by atoms with van der Waals surface area (Å²) >= 11 is 0. The Balaban J connectivity index is 3.14. The molecule has 1 rings (SSSR count). The maximum Gasteiger partial charge on any atom is 0.0874 e. The molecule has 0 aromatic heterocycles. The molecule has 1 heteroatoms. The van der Waals surface area contributed by atoms with Crippen molar-refractivity contribution in [1.82, 2.24) is 0 Å². The fourth-order valence-corrected chi connectivity index (χ4v) is 1.83. The second-order valence-corrected chi connectivity index (χ2v) is 4.94. The number of ether oxygens (including phenoxy) is 1. The van der Waals surface area contributed by atoms with Crippen molar-refractivity contribution in [3.63, 3.8) is 0 Å². The first kappa shape index (κ1) is 12.3. The maximum absolute atomic E-state index is 5.50. The van der Waals surface area contributed by atoms with E-state index in [0.717, 1.165) is 0 Å². The molecule has 15 heavy (non-hydrogen) atoms. The van der Waals surface area contributed by atoms with Gasteiger partial charge in [-0.1, -0.05) is 32.0 Å². The summed E-state index contributed by atoms with van der Waals surface area (Å²) in [5.74, 6) is 0.586. The van der Waals surface area contributed by atoms with Crippen molar-refractivity contribution in [3.8, 4) is 0 Å². The van der Waals surface area contributed by atoms with Gasteiger partial charge in [-0.25, -0.2) is 0 Å². The molecule has 0 atom stereocenters. The van der Waals surface area contributed by atoms with Crippen LogP contribution in [0.5, 0.6) is 0 Å². The molecule has 0 aliphatic heterocycles. The summed E-state index contributed by atoms with van der Waals surface area (Å²) in [4.78, 5) is 0. The summed E-state index contributed by atoms with van der Waals surface area (Å²) in [7, 11) is 1.76. The van der Waals surface area contributed by atoms with Crippen LogP contribution >= 0.6 is 0 Å². The van der Waals surface area contributed by atoms with Crippen LogP contribution in [0.25, 0.3) is 0 Å². The highest BCUT2D eigenvalue weighted by Gasteiger charge is 2.21. The van der Waals surface area contributed by atoms with E-state index in [0.29, 0.717) is 5.92 Å². The molecule has 1 aromatic carbocycles. The summed E-state index contributed by atoms with van der Waals surface area (Å²) in [5, 5.41) is 0. The second-order valence-electron chi connectivity index (χ2n) is 4.94. The van der Waals surface area contributed by atoms with Gasteiger partial charge in [0.1, 0.15) is 0 Å². The van der Waals surface area contributed by atoms with Crippen LogP contribution in [0.15, 0.2) is 18.2 Å². The first-order valence-electron chi connectivity index (χ1n) is 5.54. The van der Waals surface area contributed by atoms with Gasteiger partial charge < -0.3 is 4.74 Å². The minimum absolute atomic E-state index is 0.195. The van der Waals surface area contributed by atoms with Crippen molar-refractivity contribution in [2.45, 2.75) is 46.1 Å². The van der Waals surface area contributed by atoms with Gasteiger partial charge in [0.05, 0.1) is 5.60 Å². The maximum atomic E-state index is 5.50. The van der Waals surface area contributed by atoms with Gasteiger partial charge >= 0.3 is 0 Å². The summed E-state index contributed by atoms with van der Waals surface area (Å²) in [5.41, 5.74) is 3.78. The number of rotatable bonds is 3. The number of benzene rings is 1. The SMILES string of the molecule is COC(C)(C)c1ccc(C(C)C)cc1C. The van der Waals surface area contributed by atoms with Gasteiger partial charge in [-0.2, -0.15) is 0 Å². The van der Waals surface area contributed by atoms with Crippen molar-refractivity contribution in [2.24, 2.45) is 0 Å². The lowest BCUT2D eigenvalue weighted by atomic mass is 9.90. The third kappa shape index (κ3) is 2.60. The predicted molar refractivity (Wildman–Crippen MR) is 65.3 cm³/mol. The van der Waals surface area contributed by atoms with Crippen LogP contribution in [0.1, 0.15) is 50.3 Å². The van der Waals surface area contributed by atoms with E-state index in [1.54, 1.807) is 7.11 Å². The van der Waals surface area contributed by atoms with Crippen LogP contribution < -0.4 is 0 Å². The van der Waals surface area contributed by atoms with Crippen LogP contribution in [0, 0.1) is 6.92 Å². The molecule has 0 saturated heterocycles. The van der Waals surface area contributed by atoms with E-state index in [-0.39, 0.29) is 5.60 Å². The van der Waals surface area contributed by atoms with Crippen LogP contribution in [0.4, 0.5) is 0 Å².